The average molecular weight is 399 g/mol. The molecule has 23 heavy (non-hydrogen) atoms. The number of hydrogen-bond acceptors (Lipinski definition) is 5. The first-order valence-corrected chi connectivity index (χ1v) is 7.23. The van der Waals surface area contributed by atoms with E-state index >= 15 is 0 Å². The summed E-state index contributed by atoms with van der Waals surface area (Å²) in [5.74, 6) is -2.18. The van der Waals surface area contributed by atoms with Crippen molar-refractivity contribution in [3.05, 3.63) is 67.1 Å². The number of hydrogen-bond donors (Lipinski definition) is 1. The van der Waals surface area contributed by atoms with E-state index < -0.39 is 22.5 Å². The fraction of sp³-hybridized carbons (Fsp3) is 0. The standard InChI is InChI=1S/C14H8BrClN2O5/c15-8-2-4-11(9(6-8)14(20)21)17-13(19)7-1-3-10(16)12(5-7)18(22)23/h1-6H,(H,17,19)(H,20,21)/p-1. The van der Waals surface area contributed by atoms with Crippen LogP contribution in [0.2, 0.25) is 5.02 Å². The molecule has 1 N–H and O–H groups in total. The Labute approximate surface area is 143 Å². The number of carbonyl (C=O) groups is 2. The topological polar surface area (TPSA) is 112 Å². The molecule has 118 valence electrons. The lowest BCUT2D eigenvalue weighted by atomic mass is 10.1. The molecular weight excluding hydrogens is 392 g/mol. The molecule has 2 rings (SSSR count). The Morgan fingerprint density at radius 2 is 1.87 bits per heavy atom. The number of rotatable bonds is 4. The van der Waals surface area contributed by atoms with Gasteiger partial charge in [-0.15, -0.1) is 0 Å². The van der Waals surface area contributed by atoms with Gasteiger partial charge in [0.1, 0.15) is 5.02 Å². The highest BCUT2D eigenvalue weighted by Crippen LogP contribution is 2.26. The predicted molar refractivity (Wildman–Crippen MR) is 84.5 cm³/mol. The smallest absolute Gasteiger partial charge is 0.288 e. The summed E-state index contributed by atoms with van der Waals surface area (Å²) in [6, 6.07) is 7.70. The molecule has 0 saturated carbocycles. The number of nitrogens with zero attached hydrogens (tertiary/aromatic N) is 1. The zero-order valence-corrected chi connectivity index (χ0v) is 13.6. The number of nitro benzene ring substituents is 1. The molecule has 0 aliphatic heterocycles. The lowest BCUT2D eigenvalue weighted by molar-refractivity contribution is -0.384. The van der Waals surface area contributed by atoms with Crippen LogP contribution in [0.3, 0.4) is 0 Å². The predicted octanol–water partition coefficient (Wildman–Crippen LogP) is 2.63. The van der Waals surface area contributed by atoms with Crippen LogP contribution < -0.4 is 10.4 Å². The Morgan fingerprint density at radius 1 is 1.17 bits per heavy atom. The van der Waals surface area contributed by atoms with E-state index in [0.717, 1.165) is 6.07 Å². The molecule has 1 amide bonds. The van der Waals surface area contributed by atoms with Gasteiger partial charge >= 0.3 is 0 Å². The van der Waals surface area contributed by atoms with Crippen LogP contribution in [0, 0.1) is 10.1 Å². The van der Waals surface area contributed by atoms with Gasteiger partial charge in [0.25, 0.3) is 11.6 Å². The minimum Gasteiger partial charge on any atom is -0.545 e. The van der Waals surface area contributed by atoms with E-state index in [4.69, 9.17) is 11.6 Å². The van der Waals surface area contributed by atoms with Crippen molar-refractivity contribution in [2.45, 2.75) is 0 Å². The zero-order valence-electron chi connectivity index (χ0n) is 11.2. The molecule has 0 spiro atoms. The largest absolute Gasteiger partial charge is 0.545 e. The molecule has 0 atom stereocenters. The summed E-state index contributed by atoms with van der Waals surface area (Å²) in [5, 5.41) is 24.2. The van der Waals surface area contributed by atoms with E-state index in [9.17, 15) is 24.8 Å². The second-order valence-electron chi connectivity index (χ2n) is 4.35. The number of benzene rings is 2. The molecule has 0 radical (unpaired) electrons. The maximum atomic E-state index is 12.2. The highest BCUT2D eigenvalue weighted by Gasteiger charge is 2.17. The molecule has 2 aromatic rings. The van der Waals surface area contributed by atoms with Gasteiger partial charge in [0.2, 0.25) is 0 Å². The van der Waals surface area contributed by atoms with Crippen molar-refractivity contribution in [2.75, 3.05) is 5.32 Å². The fourth-order valence-corrected chi connectivity index (χ4v) is 2.33. The van der Waals surface area contributed by atoms with Crippen LogP contribution in [0.4, 0.5) is 11.4 Å². The van der Waals surface area contributed by atoms with Crippen molar-refractivity contribution in [2.24, 2.45) is 0 Å². The molecule has 0 fully saturated rings. The number of carboxylic acid groups (broad SMARTS) is 1. The summed E-state index contributed by atoms with van der Waals surface area (Å²) in [4.78, 5) is 33.4. The summed E-state index contributed by atoms with van der Waals surface area (Å²) in [6.45, 7) is 0. The maximum absolute atomic E-state index is 12.2. The Hall–Kier alpha value is -2.45. The van der Waals surface area contributed by atoms with Crippen LogP contribution in [-0.2, 0) is 0 Å². The van der Waals surface area contributed by atoms with Crippen molar-refractivity contribution < 1.29 is 19.6 Å². The highest BCUT2D eigenvalue weighted by molar-refractivity contribution is 9.10. The van der Waals surface area contributed by atoms with Crippen molar-refractivity contribution >= 4 is 50.8 Å². The van der Waals surface area contributed by atoms with E-state index in [1.54, 1.807) is 0 Å². The molecule has 7 nitrogen and oxygen atoms in total. The molecule has 0 heterocycles. The first kappa shape index (κ1) is 16.9. The van der Waals surface area contributed by atoms with Crippen LogP contribution in [0.25, 0.3) is 0 Å². The first-order valence-electron chi connectivity index (χ1n) is 6.06. The normalized spacial score (nSPS) is 10.2. The van der Waals surface area contributed by atoms with E-state index in [-0.39, 0.29) is 21.8 Å². The van der Waals surface area contributed by atoms with Crippen LogP contribution in [0.5, 0.6) is 0 Å². The minimum atomic E-state index is -1.47. The summed E-state index contributed by atoms with van der Waals surface area (Å²) < 4.78 is 0.497. The molecular formula is C14H7BrClN2O5-. The van der Waals surface area contributed by atoms with Crippen LogP contribution in [0.1, 0.15) is 20.7 Å². The number of aromatic carboxylic acids is 1. The second kappa shape index (κ2) is 6.76. The Kier molecular flexibility index (Phi) is 4.97. The number of nitrogens with one attached hydrogen (secondary N) is 1. The van der Waals surface area contributed by atoms with Crippen LogP contribution in [0.15, 0.2) is 40.9 Å². The van der Waals surface area contributed by atoms with Gasteiger partial charge < -0.3 is 15.2 Å². The highest BCUT2D eigenvalue weighted by atomic mass is 79.9. The van der Waals surface area contributed by atoms with Crippen molar-refractivity contribution in [1.29, 1.82) is 0 Å². The number of carboxylic acids is 1. The summed E-state index contributed by atoms with van der Waals surface area (Å²) in [7, 11) is 0. The molecule has 9 heteroatoms. The molecule has 0 aromatic heterocycles. The quantitative estimate of drug-likeness (QED) is 0.628. The van der Waals surface area contributed by atoms with E-state index in [0.29, 0.717) is 4.47 Å². The minimum absolute atomic E-state index is 0.0100. The Balaban J connectivity index is 2.35. The number of anilines is 1. The Bertz CT molecular complexity index is 825. The van der Waals surface area contributed by atoms with E-state index in [2.05, 4.69) is 21.2 Å². The maximum Gasteiger partial charge on any atom is 0.288 e. The summed E-state index contributed by atoms with van der Waals surface area (Å²) in [6.07, 6.45) is 0. The first-order chi connectivity index (χ1) is 10.8. The molecule has 2 aromatic carbocycles. The summed E-state index contributed by atoms with van der Waals surface area (Å²) in [5.41, 5.74) is -0.671. The SMILES string of the molecule is O=C(Nc1ccc(Br)cc1C(=O)[O-])c1ccc(Cl)c([N+](=O)[O-])c1. The third-order valence-electron chi connectivity index (χ3n) is 2.85. The van der Waals surface area contributed by atoms with Crippen molar-refractivity contribution in [1.82, 2.24) is 0 Å². The third-order valence-corrected chi connectivity index (χ3v) is 3.67. The van der Waals surface area contributed by atoms with E-state index in [1.807, 2.05) is 0 Å². The van der Waals surface area contributed by atoms with Gasteiger partial charge in [0, 0.05) is 21.7 Å². The second-order valence-corrected chi connectivity index (χ2v) is 5.68. The molecule has 0 saturated heterocycles. The number of carbonyl (C=O) groups excluding carboxylic acids is 2. The monoisotopic (exact) mass is 397 g/mol. The number of amides is 1. The van der Waals surface area contributed by atoms with Crippen LogP contribution in [-0.4, -0.2) is 16.8 Å². The van der Waals surface area contributed by atoms with Crippen LogP contribution >= 0.6 is 27.5 Å². The molecule has 0 bridgehead atoms. The van der Waals surface area contributed by atoms with E-state index in [1.165, 1.54) is 30.3 Å². The van der Waals surface area contributed by atoms with Gasteiger partial charge in [-0.1, -0.05) is 27.5 Å². The lowest BCUT2D eigenvalue weighted by Gasteiger charge is -2.12. The van der Waals surface area contributed by atoms with Gasteiger partial charge in [-0.2, -0.15) is 0 Å². The van der Waals surface area contributed by atoms with Crippen molar-refractivity contribution in [3.63, 3.8) is 0 Å². The number of halogens is 2. The van der Waals surface area contributed by atoms with Gasteiger partial charge in [0.15, 0.2) is 0 Å². The van der Waals surface area contributed by atoms with Gasteiger partial charge in [-0.3, -0.25) is 14.9 Å². The molecule has 0 aliphatic rings. The van der Waals surface area contributed by atoms with Gasteiger partial charge in [-0.05, 0) is 30.3 Å². The third kappa shape index (κ3) is 3.85. The molecule has 0 unspecified atom stereocenters. The van der Waals surface area contributed by atoms with Gasteiger partial charge in [-0.25, -0.2) is 0 Å². The number of nitro groups is 1. The molecule has 0 aliphatic carbocycles. The summed E-state index contributed by atoms with van der Waals surface area (Å²) >= 11 is 8.79. The lowest BCUT2D eigenvalue weighted by Crippen LogP contribution is -2.25. The average Bonchev–Trinajstić information content (AvgIpc) is 2.48. The fourth-order valence-electron chi connectivity index (χ4n) is 1.78. The van der Waals surface area contributed by atoms with Crippen molar-refractivity contribution in [3.8, 4) is 0 Å². The van der Waals surface area contributed by atoms with Gasteiger partial charge in [0.05, 0.1) is 16.6 Å². The zero-order chi connectivity index (χ0) is 17.1. The Morgan fingerprint density at radius 3 is 2.48 bits per heavy atom.